The number of nitrogens with zero attached hydrogens (tertiary/aromatic N) is 1. The molecular formula is C16H27NO. The lowest BCUT2D eigenvalue weighted by molar-refractivity contribution is 0.247. The fourth-order valence-corrected chi connectivity index (χ4v) is 2.40. The van der Waals surface area contributed by atoms with Crippen molar-refractivity contribution in [3.63, 3.8) is 0 Å². The molecule has 0 N–H and O–H groups in total. The molecule has 0 aliphatic heterocycles. The van der Waals surface area contributed by atoms with E-state index < -0.39 is 0 Å². The molecule has 0 unspecified atom stereocenters. The van der Waals surface area contributed by atoms with E-state index in [0.717, 1.165) is 38.4 Å². The zero-order valence-corrected chi connectivity index (χ0v) is 12.5. The smallest absolute Gasteiger partial charge is 0.125 e. The Labute approximate surface area is 112 Å². The van der Waals surface area contributed by atoms with Crippen LogP contribution in [0, 0.1) is 20.8 Å². The van der Waals surface area contributed by atoms with E-state index >= 15 is 0 Å². The van der Waals surface area contributed by atoms with Gasteiger partial charge in [0.25, 0.3) is 0 Å². The Hall–Kier alpha value is -1.02. The normalized spacial score (nSPS) is 11.0. The minimum absolute atomic E-state index is 0.807. The van der Waals surface area contributed by atoms with E-state index in [9.17, 15) is 0 Å². The molecular weight excluding hydrogens is 222 g/mol. The van der Waals surface area contributed by atoms with Crippen molar-refractivity contribution < 1.29 is 4.74 Å². The average Bonchev–Trinajstić information content (AvgIpc) is 2.32. The van der Waals surface area contributed by atoms with Gasteiger partial charge in [0.1, 0.15) is 5.75 Å². The molecule has 0 spiro atoms. The van der Waals surface area contributed by atoms with Gasteiger partial charge in [-0.1, -0.05) is 31.5 Å². The van der Waals surface area contributed by atoms with Gasteiger partial charge < -0.3 is 9.64 Å². The molecule has 0 bridgehead atoms. The molecule has 0 saturated heterocycles. The van der Waals surface area contributed by atoms with Crippen LogP contribution >= 0.6 is 0 Å². The Balaban J connectivity index is 2.44. The summed E-state index contributed by atoms with van der Waals surface area (Å²) in [5.41, 5.74) is 3.80. The minimum Gasteiger partial charge on any atom is -0.493 e. The molecule has 0 atom stereocenters. The van der Waals surface area contributed by atoms with Gasteiger partial charge >= 0.3 is 0 Å². The SMILES string of the molecule is CCN(CC)CCCOc1c(C)cc(C)cc1C. The van der Waals surface area contributed by atoms with Crippen molar-refractivity contribution in [1.82, 2.24) is 4.90 Å². The molecule has 1 rings (SSSR count). The van der Waals surface area contributed by atoms with Crippen molar-refractivity contribution in [2.24, 2.45) is 0 Å². The van der Waals surface area contributed by atoms with Gasteiger partial charge in [-0.05, 0) is 51.4 Å². The van der Waals surface area contributed by atoms with Crippen LogP contribution in [0.1, 0.15) is 37.0 Å². The van der Waals surface area contributed by atoms with E-state index in [1.54, 1.807) is 0 Å². The Bertz CT molecular complexity index is 346. The fraction of sp³-hybridized carbons (Fsp3) is 0.625. The van der Waals surface area contributed by atoms with E-state index in [1.807, 2.05) is 0 Å². The van der Waals surface area contributed by atoms with Crippen molar-refractivity contribution in [2.45, 2.75) is 41.0 Å². The molecule has 0 radical (unpaired) electrons. The lowest BCUT2D eigenvalue weighted by Crippen LogP contribution is -2.25. The molecule has 0 heterocycles. The van der Waals surface area contributed by atoms with Crippen LogP contribution in [0.3, 0.4) is 0 Å². The Morgan fingerprint density at radius 1 is 1.00 bits per heavy atom. The molecule has 0 aliphatic carbocycles. The van der Waals surface area contributed by atoms with Crippen molar-refractivity contribution in [3.8, 4) is 5.75 Å². The number of ether oxygens (including phenoxy) is 1. The van der Waals surface area contributed by atoms with Crippen LogP contribution in [0.4, 0.5) is 0 Å². The highest BCUT2D eigenvalue weighted by Gasteiger charge is 2.05. The highest BCUT2D eigenvalue weighted by molar-refractivity contribution is 5.42. The summed E-state index contributed by atoms with van der Waals surface area (Å²) in [5, 5.41) is 0. The van der Waals surface area contributed by atoms with Gasteiger partial charge in [0, 0.05) is 6.54 Å². The monoisotopic (exact) mass is 249 g/mol. The van der Waals surface area contributed by atoms with Crippen LogP contribution in [0.5, 0.6) is 5.75 Å². The Morgan fingerprint density at radius 3 is 2.06 bits per heavy atom. The molecule has 102 valence electrons. The summed E-state index contributed by atoms with van der Waals surface area (Å²) in [6.45, 7) is 15.0. The highest BCUT2D eigenvalue weighted by Crippen LogP contribution is 2.24. The maximum Gasteiger partial charge on any atom is 0.125 e. The minimum atomic E-state index is 0.807. The van der Waals surface area contributed by atoms with Crippen LogP contribution in [-0.4, -0.2) is 31.1 Å². The first-order valence-corrected chi connectivity index (χ1v) is 7.01. The molecule has 2 nitrogen and oxygen atoms in total. The van der Waals surface area contributed by atoms with E-state index in [2.05, 4.69) is 51.7 Å². The molecule has 18 heavy (non-hydrogen) atoms. The van der Waals surface area contributed by atoms with Crippen LogP contribution in [0.25, 0.3) is 0 Å². The Kier molecular flexibility index (Phi) is 6.20. The molecule has 2 heteroatoms. The summed E-state index contributed by atoms with van der Waals surface area (Å²) in [4.78, 5) is 2.43. The molecule has 0 amide bonds. The van der Waals surface area contributed by atoms with Gasteiger partial charge in [-0.2, -0.15) is 0 Å². The van der Waals surface area contributed by atoms with Crippen molar-refractivity contribution in [2.75, 3.05) is 26.2 Å². The van der Waals surface area contributed by atoms with Gasteiger partial charge in [-0.3, -0.25) is 0 Å². The zero-order valence-electron chi connectivity index (χ0n) is 12.5. The van der Waals surface area contributed by atoms with Gasteiger partial charge in [0.15, 0.2) is 0 Å². The molecule has 0 saturated carbocycles. The highest BCUT2D eigenvalue weighted by atomic mass is 16.5. The maximum atomic E-state index is 5.94. The van der Waals surface area contributed by atoms with Crippen molar-refractivity contribution in [3.05, 3.63) is 28.8 Å². The van der Waals surface area contributed by atoms with Crippen molar-refractivity contribution >= 4 is 0 Å². The summed E-state index contributed by atoms with van der Waals surface area (Å²) in [6, 6.07) is 4.37. The van der Waals surface area contributed by atoms with Crippen LogP contribution in [0.15, 0.2) is 12.1 Å². The van der Waals surface area contributed by atoms with Gasteiger partial charge in [0.05, 0.1) is 6.61 Å². The second kappa shape index (κ2) is 7.42. The number of hydrogen-bond acceptors (Lipinski definition) is 2. The number of rotatable bonds is 7. The van der Waals surface area contributed by atoms with Crippen LogP contribution in [-0.2, 0) is 0 Å². The molecule has 0 aromatic heterocycles. The van der Waals surface area contributed by atoms with Gasteiger partial charge in [0.2, 0.25) is 0 Å². The van der Waals surface area contributed by atoms with E-state index in [0.29, 0.717) is 0 Å². The van der Waals surface area contributed by atoms with E-state index in [1.165, 1.54) is 16.7 Å². The Morgan fingerprint density at radius 2 is 1.56 bits per heavy atom. The van der Waals surface area contributed by atoms with E-state index in [-0.39, 0.29) is 0 Å². The maximum absolute atomic E-state index is 5.94. The summed E-state index contributed by atoms with van der Waals surface area (Å²) in [5.74, 6) is 1.07. The molecule has 0 fully saturated rings. The second-order valence-corrected chi connectivity index (χ2v) is 4.96. The summed E-state index contributed by atoms with van der Waals surface area (Å²) < 4.78 is 5.94. The van der Waals surface area contributed by atoms with Crippen LogP contribution in [0.2, 0.25) is 0 Å². The predicted molar refractivity (Wildman–Crippen MR) is 78.6 cm³/mol. The first kappa shape index (κ1) is 15.0. The summed E-state index contributed by atoms with van der Waals surface area (Å²) >= 11 is 0. The lowest BCUT2D eigenvalue weighted by atomic mass is 10.1. The number of hydrogen-bond donors (Lipinski definition) is 0. The third-order valence-electron chi connectivity index (χ3n) is 3.36. The first-order chi connectivity index (χ1) is 8.58. The van der Waals surface area contributed by atoms with Crippen LogP contribution < -0.4 is 4.74 Å². The summed E-state index contributed by atoms with van der Waals surface area (Å²) in [7, 11) is 0. The van der Waals surface area contributed by atoms with Crippen molar-refractivity contribution in [1.29, 1.82) is 0 Å². The second-order valence-electron chi connectivity index (χ2n) is 4.96. The number of aryl methyl sites for hydroxylation is 3. The fourth-order valence-electron chi connectivity index (χ4n) is 2.40. The predicted octanol–water partition coefficient (Wildman–Crippen LogP) is 3.72. The van der Waals surface area contributed by atoms with E-state index in [4.69, 9.17) is 4.74 Å². The van der Waals surface area contributed by atoms with Gasteiger partial charge in [-0.15, -0.1) is 0 Å². The first-order valence-electron chi connectivity index (χ1n) is 7.01. The standard InChI is InChI=1S/C16H27NO/c1-6-17(7-2)9-8-10-18-16-14(4)11-13(3)12-15(16)5/h11-12H,6-10H2,1-5H3. The van der Waals surface area contributed by atoms with Gasteiger partial charge in [-0.25, -0.2) is 0 Å². The molecule has 1 aromatic carbocycles. The topological polar surface area (TPSA) is 12.5 Å². The average molecular weight is 249 g/mol. The molecule has 1 aromatic rings. The summed E-state index contributed by atoms with van der Waals surface area (Å²) in [6.07, 6.45) is 1.09. The number of benzene rings is 1. The third kappa shape index (κ3) is 4.34. The quantitative estimate of drug-likeness (QED) is 0.683. The largest absolute Gasteiger partial charge is 0.493 e. The molecule has 0 aliphatic rings. The third-order valence-corrected chi connectivity index (χ3v) is 3.36. The lowest BCUT2D eigenvalue weighted by Gasteiger charge is -2.18. The zero-order chi connectivity index (χ0) is 13.5.